The van der Waals surface area contributed by atoms with Crippen LogP contribution < -0.4 is 0 Å². The summed E-state index contributed by atoms with van der Waals surface area (Å²) >= 11 is 0. The zero-order valence-corrected chi connectivity index (χ0v) is 9.19. The van der Waals surface area contributed by atoms with Gasteiger partial charge in [-0.1, -0.05) is 30.3 Å². The number of nitrogens with zero attached hydrogens (tertiary/aromatic N) is 1. The van der Waals surface area contributed by atoms with Crippen molar-refractivity contribution in [2.45, 2.75) is 25.7 Å². The first-order chi connectivity index (χ1) is 7.83. The summed E-state index contributed by atoms with van der Waals surface area (Å²) in [4.78, 5) is 11.4. The van der Waals surface area contributed by atoms with Crippen LogP contribution in [0.2, 0.25) is 0 Å². The molecule has 0 aliphatic rings. The van der Waals surface area contributed by atoms with Gasteiger partial charge in [-0.15, -0.1) is 0 Å². The normalized spacial score (nSPS) is 9.44. The predicted molar refractivity (Wildman–Crippen MR) is 60.6 cm³/mol. The summed E-state index contributed by atoms with van der Waals surface area (Å²) in [6.45, 7) is 0.410. The van der Waals surface area contributed by atoms with Gasteiger partial charge in [0.1, 0.15) is 0 Å². The van der Waals surface area contributed by atoms with Crippen LogP contribution in [-0.4, -0.2) is 12.6 Å². The van der Waals surface area contributed by atoms with Crippen LogP contribution in [0.5, 0.6) is 0 Å². The van der Waals surface area contributed by atoms with E-state index in [4.69, 9.17) is 10.00 Å². The molecule has 16 heavy (non-hydrogen) atoms. The van der Waals surface area contributed by atoms with Crippen molar-refractivity contribution in [1.82, 2.24) is 0 Å². The molecule has 1 aromatic rings. The molecule has 0 amide bonds. The Morgan fingerprint density at radius 3 is 2.69 bits per heavy atom. The highest BCUT2D eigenvalue weighted by Crippen LogP contribution is 2.02. The minimum Gasteiger partial charge on any atom is -0.465 e. The van der Waals surface area contributed by atoms with Gasteiger partial charge < -0.3 is 4.74 Å². The van der Waals surface area contributed by atoms with E-state index in [0.29, 0.717) is 19.4 Å². The average Bonchev–Trinajstić information content (AvgIpc) is 2.30. The molecule has 0 N–H and O–H groups in total. The van der Waals surface area contributed by atoms with E-state index in [-0.39, 0.29) is 5.97 Å². The van der Waals surface area contributed by atoms with E-state index in [1.807, 2.05) is 30.3 Å². The summed E-state index contributed by atoms with van der Waals surface area (Å²) in [5, 5.41) is 8.31. The first kappa shape index (κ1) is 12.3. The third-order valence-electron chi connectivity index (χ3n) is 2.14. The number of unbranched alkanes of at least 4 members (excludes halogenated alkanes) is 2. The number of ether oxygens (including phenoxy) is 1. The number of hydrogen-bond donors (Lipinski definition) is 0. The number of carbonyl (C=O) groups is 1. The molecule has 0 bridgehead atoms. The van der Waals surface area contributed by atoms with Crippen LogP contribution in [-0.2, 0) is 16.0 Å². The zero-order chi connectivity index (χ0) is 11.6. The Morgan fingerprint density at radius 1 is 1.25 bits per heavy atom. The van der Waals surface area contributed by atoms with Gasteiger partial charge in [-0.3, -0.25) is 4.79 Å². The molecule has 0 aliphatic heterocycles. The van der Waals surface area contributed by atoms with Crippen molar-refractivity contribution in [3.63, 3.8) is 0 Å². The summed E-state index contributed by atoms with van der Waals surface area (Å²) in [6.07, 6.45) is 2.39. The quantitative estimate of drug-likeness (QED) is 0.543. The third-order valence-corrected chi connectivity index (χ3v) is 2.14. The summed E-state index contributed by atoms with van der Waals surface area (Å²) in [6, 6.07) is 11.6. The molecule has 0 heterocycles. The maximum absolute atomic E-state index is 11.4. The fourth-order valence-corrected chi connectivity index (χ4v) is 1.31. The molecular weight excluding hydrogens is 202 g/mol. The lowest BCUT2D eigenvalue weighted by Gasteiger charge is -2.03. The number of carbonyl (C=O) groups excluding carboxylic acids is 1. The molecule has 1 rings (SSSR count). The molecule has 0 saturated heterocycles. The van der Waals surface area contributed by atoms with Crippen molar-refractivity contribution >= 4 is 5.97 Å². The largest absolute Gasteiger partial charge is 0.465 e. The molecule has 0 radical (unpaired) electrons. The Bertz CT molecular complexity index is 354. The minimum absolute atomic E-state index is 0.205. The van der Waals surface area contributed by atoms with Crippen molar-refractivity contribution in [1.29, 1.82) is 5.26 Å². The molecule has 84 valence electrons. The summed E-state index contributed by atoms with van der Waals surface area (Å²) in [5.74, 6) is -0.205. The monoisotopic (exact) mass is 217 g/mol. The van der Waals surface area contributed by atoms with Gasteiger partial charge in [0.05, 0.1) is 19.1 Å². The van der Waals surface area contributed by atoms with Crippen molar-refractivity contribution in [3.05, 3.63) is 35.9 Å². The van der Waals surface area contributed by atoms with Gasteiger partial charge in [-0.25, -0.2) is 0 Å². The second-order valence-electron chi connectivity index (χ2n) is 3.50. The Hall–Kier alpha value is -1.82. The number of hydrogen-bond acceptors (Lipinski definition) is 3. The molecular formula is C13H15NO2. The van der Waals surface area contributed by atoms with Crippen LogP contribution in [0.4, 0.5) is 0 Å². The molecule has 3 heteroatoms. The Labute approximate surface area is 95.7 Å². The number of benzene rings is 1. The summed E-state index contributed by atoms with van der Waals surface area (Å²) < 4.78 is 5.04. The molecule has 0 aromatic heterocycles. The van der Waals surface area contributed by atoms with Gasteiger partial charge >= 0.3 is 5.97 Å². The fourth-order valence-electron chi connectivity index (χ4n) is 1.31. The van der Waals surface area contributed by atoms with E-state index < -0.39 is 0 Å². The molecule has 3 nitrogen and oxygen atoms in total. The van der Waals surface area contributed by atoms with Gasteiger partial charge in [-0.05, 0) is 18.4 Å². The maximum Gasteiger partial charge on any atom is 0.310 e. The summed E-state index contributed by atoms with van der Waals surface area (Å²) in [7, 11) is 0. The smallest absolute Gasteiger partial charge is 0.310 e. The number of esters is 1. The predicted octanol–water partition coefficient (Wildman–Crippen LogP) is 2.47. The molecule has 0 atom stereocenters. The van der Waals surface area contributed by atoms with E-state index in [2.05, 4.69) is 6.07 Å². The minimum atomic E-state index is -0.205. The van der Waals surface area contributed by atoms with E-state index in [1.165, 1.54) is 0 Å². The Morgan fingerprint density at radius 2 is 2.00 bits per heavy atom. The zero-order valence-electron chi connectivity index (χ0n) is 9.19. The SMILES string of the molecule is N#CCCCCOC(=O)Cc1ccccc1. The molecule has 1 aromatic carbocycles. The highest BCUT2D eigenvalue weighted by Gasteiger charge is 2.03. The van der Waals surface area contributed by atoms with Crippen LogP contribution >= 0.6 is 0 Å². The Kier molecular flexibility index (Phi) is 5.72. The van der Waals surface area contributed by atoms with Crippen molar-refractivity contribution in [2.75, 3.05) is 6.61 Å². The topological polar surface area (TPSA) is 50.1 Å². The van der Waals surface area contributed by atoms with Crippen LogP contribution in [0.25, 0.3) is 0 Å². The highest BCUT2D eigenvalue weighted by molar-refractivity contribution is 5.72. The van der Waals surface area contributed by atoms with Crippen molar-refractivity contribution < 1.29 is 9.53 Å². The van der Waals surface area contributed by atoms with Gasteiger partial charge in [0.15, 0.2) is 0 Å². The van der Waals surface area contributed by atoms with Gasteiger partial charge in [0, 0.05) is 6.42 Å². The standard InChI is InChI=1S/C13H15NO2/c14-9-5-2-6-10-16-13(15)11-12-7-3-1-4-8-12/h1,3-4,7-8H,2,5-6,10-11H2. The Balaban J connectivity index is 2.15. The van der Waals surface area contributed by atoms with Crippen molar-refractivity contribution in [3.8, 4) is 6.07 Å². The second kappa shape index (κ2) is 7.47. The van der Waals surface area contributed by atoms with Gasteiger partial charge in [-0.2, -0.15) is 5.26 Å². The van der Waals surface area contributed by atoms with Crippen LogP contribution in [0, 0.1) is 11.3 Å². The van der Waals surface area contributed by atoms with Gasteiger partial charge in [0.25, 0.3) is 0 Å². The lowest BCUT2D eigenvalue weighted by Crippen LogP contribution is -2.08. The lowest BCUT2D eigenvalue weighted by atomic mass is 10.2. The lowest BCUT2D eigenvalue weighted by molar-refractivity contribution is -0.142. The van der Waals surface area contributed by atoms with Gasteiger partial charge in [0.2, 0.25) is 0 Å². The molecule has 0 spiro atoms. The van der Waals surface area contributed by atoms with Crippen molar-refractivity contribution in [2.24, 2.45) is 0 Å². The average molecular weight is 217 g/mol. The summed E-state index contributed by atoms with van der Waals surface area (Å²) in [5.41, 5.74) is 0.963. The maximum atomic E-state index is 11.4. The van der Waals surface area contributed by atoms with Crippen LogP contribution in [0.3, 0.4) is 0 Å². The first-order valence-corrected chi connectivity index (χ1v) is 5.39. The molecule has 0 unspecified atom stereocenters. The molecule has 0 fully saturated rings. The van der Waals surface area contributed by atoms with E-state index in [1.54, 1.807) is 0 Å². The highest BCUT2D eigenvalue weighted by atomic mass is 16.5. The molecule has 0 aliphatic carbocycles. The number of rotatable bonds is 6. The molecule has 0 saturated carbocycles. The first-order valence-electron chi connectivity index (χ1n) is 5.39. The van der Waals surface area contributed by atoms with Crippen LogP contribution in [0.1, 0.15) is 24.8 Å². The number of nitriles is 1. The van der Waals surface area contributed by atoms with E-state index >= 15 is 0 Å². The third kappa shape index (κ3) is 5.16. The van der Waals surface area contributed by atoms with Crippen LogP contribution in [0.15, 0.2) is 30.3 Å². The van der Waals surface area contributed by atoms with E-state index in [0.717, 1.165) is 18.4 Å². The second-order valence-corrected chi connectivity index (χ2v) is 3.50. The fraction of sp³-hybridized carbons (Fsp3) is 0.385. The van der Waals surface area contributed by atoms with E-state index in [9.17, 15) is 4.79 Å².